The maximum absolute atomic E-state index is 10.4. The summed E-state index contributed by atoms with van der Waals surface area (Å²) in [4.78, 5) is 9.55. The van der Waals surface area contributed by atoms with Gasteiger partial charge in [-0.3, -0.25) is 9.89 Å². The Kier molecular flexibility index (Phi) is 8.37. The van der Waals surface area contributed by atoms with Crippen molar-refractivity contribution in [2.24, 2.45) is 4.99 Å². The van der Waals surface area contributed by atoms with Crippen LogP contribution in [0.3, 0.4) is 0 Å². The van der Waals surface area contributed by atoms with E-state index < -0.39 is 6.10 Å². The molecule has 2 aliphatic heterocycles. The van der Waals surface area contributed by atoms with Gasteiger partial charge in [-0.15, -0.1) is 24.0 Å². The summed E-state index contributed by atoms with van der Waals surface area (Å²) in [6.07, 6.45) is 5.11. The van der Waals surface area contributed by atoms with Gasteiger partial charge in [0.25, 0.3) is 0 Å². The van der Waals surface area contributed by atoms with Crippen LogP contribution in [0.5, 0.6) is 0 Å². The van der Waals surface area contributed by atoms with Crippen LogP contribution in [-0.2, 0) is 0 Å². The Bertz CT molecular complexity index is 609. The maximum atomic E-state index is 10.4. The molecule has 26 heavy (non-hydrogen) atoms. The largest absolute Gasteiger partial charge is 0.386 e. The van der Waals surface area contributed by atoms with E-state index in [9.17, 15) is 5.11 Å². The van der Waals surface area contributed by atoms with E-state index in [1.807, 2.05) is 24.3 Å². The second kappa shape index (κ2) is 10.3. The first kappa shape index (κ1) is 21.2. The highest BCUT2D eigenvalue weighted by atomic mass is 127. The standard InChI is InChI=1S/C20H30N4O.HI/c1-3-21-20(22-14-19(25)17-8-6-16(2)7-9-17)24-13-10-18(15-24)23-11-4-5-12-23;/h4-9,18-19,25H,3,10-15H2,1-2H3,(H,21,22);1H. The molecule has 2 atom stereocenters. The molecular weight excluding hydrogens is 439 g/mol. The van der Waals surface area contributed by atoms with Crippen molar-refractivity contribution < 1.29 is 5.11 Å². The lowest BCUT2D eigenvalue weighted by atomic mass is 10.1. The van der Waals surface area contributed by atoms with Gasteiger partial charge in [0.05, 0.1) is 12.6 Å². The van der Waals surface area contributed by atoms with E-state index in [0.29, 0.717) is 12.6 Å². The van der Waals surface area contributed by atoms with E-state index in [0.717, 1.165) is 44.2 Å². The number of likely N-dealkylation sites (tertiary alicyclic amines) is 1. The van der Waals surface area contributed by atoms with Crippen LogP contribution in [0.25, 0.3) is 0 Å². The summed E-state index contributed by atoms with van der Waals surface area (Å²) in [6.45, 7) is 9.53. The number of hydrogen-bond acceptors (Lipinski definition) is 3. The van der Waals surface area contributed by atoms with Crippen molar-refractivity contribution in [2.75, 3.05) is 39.3 Å². The fraction of sp³-hybridized carbons (Fsp3) is 0.550. The molecule has 3 rings (SSSR count). The predicted octanol–water partition coefficient (Wildman–Crippen LogP) is 2.56. The molecule has 0 aromatic heterocycles. The normalized spacial score (nSPS) is 21.7. The van der Waals surface area contributed by atoms with E-state index in [1.165, 1.54) is 12.0 Å². The van der Waals surface area contributed by atoms with E-state index in [2.05, 4.69) is 41.1 Å². The highest BCUT2D eigenvalue weighted by Gasteiger charge is 2.29. The van der Waals surface area contributed by atoms with Crippen LogP contribution in [0, 0.1) is 6.92 Å². The predicted molar refractivity (Wildman–Crippen MR) is 118 cm³/mol. The molecule has 2 unspecified atom stereocenters. The Morgan fingerprint density at radius 1 is 1.27 bits per heavy atom. The summed E-state index contributed by atoms with van der Waals surface area (Å²) >= 11 is 0. The summed E-state index contributed by atoms with van der Waals surface area (Å²) in [5.41, 5.74) is 2.12. The molecule has 0 spiro atoms. The Morgan fingerprint density at radius 3 is 2.62 bits per heavy atom. The van der Waals surface area contributed by atoms with Gasteiger partial charge in [0, 0.05) is 38.8 Å². The number of nitrogens with one attached hydrogen (secondary N) is 1. The third-order valence-electron chi connectivity index (χ3n) is 5.04. The van der Waals surface area contributed by atoms with Crippen molar-refractivity contribution in [2.45, 2.75) is 32.4 Å². The number of aliphatic hydroxyl groups is 1. The second-order valence-corrected chi connectivity index (χ2v) is 6.93. The SMILES string of the molecule is CCNC(=NCC(O)c1ccc(C)cc1)N1CCC(N2CC=CC2)C1.I. The Balaban J connectivity index is 0.00000243. The van der Waals surface area contributed by atoms with Gasteiger partial charge >= 0.3 is 0 Å². The smallest absolute Gasteiger partial charge is 0.194 e. The van der Waals surface area contributed by atoms with Crippen LogP contribution < -0.4 is 5.32 Å². The zero-order chi connectivity index (χ0) is 17.6. The number of benzene rings is 1. The first-order chi connectivity index (χ1) is 12.2. The summed E-state index contributed by atoms with van der Waals surface area (Å²) in [6, 6.07) is 8.62. The van der Waals surface area contributed by atoms with E-state index in [-0.39, 0.29) is 24.0 Å². The number of halogens is 1. The van der Waals surface area contributed by atoms with Gasteiger partial charge in [-0.1, -0.05) is 42.0 Å². The number of aryl methyl sites for hydroxylation is 1. The van der Waals surface area contributed by atoms with Gasteiger partial charge in [-0.05, 0) is 25.8 Å². The molecule has 6 heteroatoms. The van der Waals surface area contributed by atoms with Crippen LogP contribution in [0.2, 0.25) is 0 Å². The third kappa shape index (κ3) is 5.44. The highest BCUT2D eigenvalue weighted by Crippen LogP contribution is 2.19. The van der Waals surface area contributed by atoms with Crippen molar-refractivity contribution in [3.8, 4) is 0 Å². The number of rotatable bonds is 5. The second-order valence-electron chi connectivity index (χ2n) is 6.93. The van der Waals surface area contributed by atoms with Gasteiger partial charge in [0.2, 0.25) is 0 Å². The lowest BCUT2D eigenvalue weighted by molar-refractivity contribution is 0.186. The fourth-order valence-electron chi connectivity index (χ4n) is 3.52. The molecule has 1 aromatic rings. The zero-order valence-electron chi connectivity index (χ0n) is 15.8. The zero-order valence-corrected chi connectivity index (χ0v) is 18.1. The van der Waals surface area contributed by atoms with Gasteiger partial charge in [-0.25, -0.2) is 0 Å². The van der Waals surface area contributed by atoms with Crippen molar-refractivity contribution in [1.82, 2.24) is 15.1 Å². The van der Waals surface area contributed by atoms with Gasteiger partial charge < -0.3 is 15.3 Å². The highest BCUT2D eigenvalue weighted by molar-refractivity contribution is 14.0. The van der Waals surface area contributed by atoms with Crippen LogP contribution >= 0.6 is 24.0 Å². The molecule has 1 saturated heterocycles. The van der Waals surface area contributed by atoms with Crippen molar-refractivity contribution >= 4 is 29.9 Å². The molecule has 144 valence electrons. The number of guanidine groups is 1. The number of aliphatic hydroxyl groups excluding tert-OH is 1. The molecule has 2 heterocycles. The van der Waals surface area contributed by atoms with E-state index in [4.69, 9.17) is 4.99 Å². The Morgan fingerprint density at radius 2 is 1.96 bits per heavy atom. The van der Waals surface area contributed by atoms with Crippen molar-refractivity contribution in [1.29, 1.82) is 0 Å². The van der Waals surface area contributed by atoms with Crippen molar-refractivity contribution in [3.63, 3.8) is 0 Å². The van der Waals surface area contributed by atoms with E-state index in [1.54, 1.807) is 0 Å². The first-order valence-corrected chi connectivity index (χ1v) is 9.34. The molecule has 1 fully saturated rings. The molecule has 0 amide bonds. The number of nitrogens with zero attached hydrogens (tertiary/aromatic N) is 3. The van der Waals surface area contributed by atoms with Crippen LogP contribution in [-0.4, -0.2) is 66.2 Å². The fourth-order valence-corrected chi connectivity index (χ4v) is 3.52. The quantitative estimate of drug-likeness (QED) is 0.301. The summed E-state index contributed by atoms with van der Waals surface area (Å²) in [5.74, 6) is 0.920. The summed E-state index contributed by atoms with van der Waals surface area (Å²) < 4.78 is 0. The van der Waals surface area contributed by atoms with E-state index >= 15 is 0 Å². The Labute approximate surface area is 174 Å². The summed E-state index contributed by atoms with van der Waals surface area (Å²) in [7, 11) is 0. The minimum Gasteiger partial charge on any atom is -0.386 e. The minimum atomic E-state index is -0.560. The maximum Gasteiger partial charge on any atom is 0.194 e. The average molecular weight is 470 g/mol. The van der Waals surface area contributed by atoms with Gasteiger partial charge in [-0.2, -0.15) is 0 Å². The first-order valence-electron chi connectivity index (χ1n) is 9.34. The van der Waals surface area contributed by atoms with Crippen LogP contribution in [0.15, 0.2) is 41.4 Å². The molecular formula is C20H31IN4O. The molecule has 0 aliphatic carbocycles. The van der Waals surface area contributed by atoms with Gasteiger partial charge in [0.1, 0.15) is 0 Å². The molecule has 5 nitrogen and oxygen atoms in total. The number of aliphatic imine (C=N–C) groups is 1. The summed E-state index contributed by atoms with van der Waals surface area (Å²) in [5, 5.41) is 13.8. The van der Waals surface area contributed by atoms with Crippen LogP contribution in [0.1, 0.15) is 30.6 Å². The topological polar surface area (TPSA) is 51.1 Å². The van der Waals surface area contributed by atoms with Crippen LogP contribution in [0.4, 0.5) is 0 Å². The monoisotopic (exact) mass is 470 g/mol. The minimum absolute atomic E-state index is 0. The Hall–Kier alpha value is -1.12. The van der Waals surface area contributed by atoms with Gasteiger partial charge in [0.15, 0.2) is 5.96 Å². The van der Waals surface area contributed by atoms with Crippen molar-refractivity contribution in [3.05, 3.63) is 47.5 Å². The molecule has 1 aromatic carbocycles. The molecule has 2 N–H and O–H groups in total. The lowest BCUT2D eigenvalue weighted by Crippen LogP contribution is -2.43. The molecule has 0 radical (unpaired) electrons. The molecule has 0 bridgehead atoms. The lowest BCUT2D eigenvalue weighted by Gasteiger charge is -2.25. The third-order valence-corrected chi connectivity index (χ3v) is 5.04. The average Bonchev–Trinajstić information content (AvgIpc) is 3.30. The number of hydrogen-bond donors (Lipinski definition) is 2. The molecule has 0 saturated carbocycles. The molecule has 2 aliphatic rings.